The Hall–Kier alpha value is -1.85. The van der Waals surface area contributed by atoms with Crippen LogP contribution in [0.4, 0.5) is 5.82 Å². The molecule has 1 unspecified atom stereocenters. The van der Waals surface area contributed by atoms with Crippen LogP contribution in [0.15, 0.2) is 6.20 Å². The summed E-state index contributed by atoms with van der Waals surface area (Å²) in [5.41, 5.74) is 1.24. The van der Waals surface area contributed by atoms with Crippen LogP contribution in [0.2, 0.25) is 0 Å². The number of rotatable bonds is 3. The van der Waals surface area contributed by atoms with Crippen molar-refractivity contribution >= 4 is 17.6 Å². The fourth-order valence-electron chi connectivity index (χ4n) is 3.78. The Kier molecular flexibility index (Phi) is 3.83. The average molecular weight is 316 g/mol. The Morgan fingerprint density at radius 3 is 2.91 bits per heavy atom. The second-order valence-electron chi connectivity index (χ2n) is 7.03. The third-order valence-corrected chi connectivity index (χ3v) is 5.16. The predicted octanol–water partition coefficient (Wildman–Crippen LogP) is 1.95. The van der Waals surface area contributed by atoms with Crippen LogP contribution >= 0.6 is 0 Å². The number of aryl methyl sites for hydroxylation is 1. The molecule has 6 nitrogen and oxygen atoms in total. The summed E-state index contributed by atoms with van der Waals surface area (Å²) in [6, 6.07) is -0.0137. The predicted molar refractivity (Wildman–Crippen MR) is 86.2 cm³/mol. The quantitative estimate of drug-likeness (QED) is 0.927. The number of carbonyl (C=O) groups is 2. The largest absolute Gasteiger partial charge is 0.353 e. The minimum absolute atomic E-state index is 0.0137. The number of hydrogen-bond acceptors (Lipinski definition) is 3. The number of anilines is 1. The van der Waals surface area contributed by atoms with Crippen LogP contribution in [0.5, 0.6) is 0 Å². The third-order valence-electron chi connectivity index (χ3n) is 5.16. The van der Waals surface area contributed by atoms with E-state index < -0.39 is 0 Å². The van der Waals surface area contributed by atoms with Crippen molar-refractivity contribution < 1.29 is 9.59 Å². The van der Waals surface area contributed by atoms with E-state index in [1.54, 1.807) is 0 Å². The molecule has 1 aromatic heterocycles. The van der Waals surface area contributed by atoms with Gasteiger partial charge in [0.2, 0.25) is 11.8 Å². The molecule has 4 rings (SSSR count). The Labute approximate surface area is 136 Å². The van der Waals surface area contributed by atoms with E-state index in [-0.39, 0.29) is 17.9 Å². The lowest BCUT2D eigenvalue weighted by atomic mass is 10.1. The van der Waals surface area contributed by atoms with E-state index in [0.29, 0.717) is 18.8 Å². The lowest BCUT2D eigenvalue weighted by Crippen LogP contribution is -2.43. The number of fused-ring (bicyclic) bond motifs is 1. The Morgan fingerprint density at radius 2 is 2.09 bits per heavy atom. The van der Waals surface area contributed by atoms with Gasteiger partial charge >= 0.3 is 0 Å². The molecule has 1 saturated heterocycles. The van der Waals surface area contributed by atoms with Crippen LogP contribution in [0.25, 0.3) is 0 Å². The van der Waals surface area contributed by atoms with Crippen molar-refractivity contribution in [3.05, 3.63) is 11.8 Å². The van der Waals surface area contributed by atoms with E-state index >= 15 is 0 Å². The van der Waals surface area contributed by atoms with Crippen molar-refractivity contribution in [1.82, 2.24) is 15.1 Å². The van der Waals surface area contributed by atoms with Crippen molar-refractivity contribution in [1.29, 1.82) is 0 Å². The van der Waals surface area contributed by atoms with Gasteiger partial charge in [-0.05, 0) is 38.0 Å². The van der Waals surface area contributed by atoms with Gasteiger partial charge in [-0.3, -0.25) is 14.5 Å². The Bertz CT molecular complexity index is 620. The summed E-state index contributed by atoms with van der Waals surface area (Å²) in [7, 11) is 0. The zero-order valence-electron chi connectivity index (χ0n) is 13.5. The highest BCUT2D eigenvalue weighted by Crippen LogP contribution is 2.45. The summed E-state index contributed by atoms with van der Waals surface area (Å²) in [6.45, 7) is 1.66. The molecule has 2 amide bonds. The van der Waals surface area contributed by atoms with Gasteiger partial charge in [0.25, 0.3) is 0 Å². The molecule has 124 valence electrons. The molecule has 1 aliphatic carbocycles. The number of aromatic nitrogens is 2. The smallest absolute Gasteiger partial charge is 0.230 e. The molecule has 0 aromatic carbocycles. The summed E-state index contributed by atoms with van der Waals surface area (Å²) in [4.78, 5) is 26.5. The molecule has 1 aromatic rings. The van der Waals surface area contributed by atoms with Crippen molar-refractivity contribution in [2.75, 3.05) is 11.4 Å². The van der Waals surface area contributed by atoms with Gasteiger partial charge in [-0.15, -0.1) is 0 Å². The lowest BCUT2D eigenvalue weighted by Gasteiger charge is -2.30. The van der Waals surface area contributed by atoms with Gasteiger partial charge in [-0.2, -0.15) is 5.10 Å². The highest BCUT2D eigenvalue weighted by atomic mass is 16.2. The fraction of sp³-hybridized carbons (Fsp3) is 0.706. The van der Waals surface area contributed by atoms with Crippen LogP contribution in [0, 0.1) is 0 Å². The topological polar surface area (TPSA) is 67.2 Å². The molecule has 0 bridgehead atoms. The Morgan fingerprint density at radius 1 is 1.22 bits per heavy atom. The molecule has 3 aliphatic rings. The maximum absolute atomic E-state index is 12.9. The van der Waals surface area contributed by atoms with E-state index in [1.165, 1.54) is 18.4 Å². The molecule has 2 fully saturated rings. The zero-order chi connectivity index (χ0) is 15.8. The molecular weight excluding hydrogens is 292 g/mol. The highest BCUT2D eigenvalue weighted by Gasteiger charge is 2.35. The molecule has 2 aliphatic heterocycles. The molecule has 0 spiro atoms. The normalized spacial score (nSPS) is 24.8. The molecule has 6 heteroatoms. The van der Waals surface area contributed by atoms with Crippen molar-refractivity contribution in [2.24, 2.45) is 0 Å². The van der Waals surface area contributed by atoms with E-state index in [1.807, 2.05) is 15.8 Å². The second kappa shape index (κ2) is 5.98. The standard InChI is InChI=1S/C17H24N4O2/c22-15-5-2-1-4-13(19-15)10-16(23)20-8-3-9-21-17(20)14(11-18-21)12-6-7-12/h11-13H,1-10H2,(H,19,22). The highest BCUT2D eigenvalue weighted by molar-refractivity contribution is 5.94. The number of amides is 2. The van der Waals surface area contributed by atoms with Gasteiger partial charge in [0.1, 0.15) is 5.82 Å². The van der Waals surface area contributed by atoms with Crippen LogP contribution in [-0.2, 0) is 16.1 Å². The summed E-state index contributed by atoms with van der Waals surface area (Å²) in [6.07, 6.45) is 9.15. The first-order valence-electron chi connectivity index (χ1n) is 8.88. The Balaban J connectivity index is 1.51. The molecule has 23 heavy (non-hydrogen) atoms. The maximum atomic E-state index is 12.9. The summed E-state index contributed by atoms with van der Waals surface area (Å²) in [5.74, 6) is 1.82. The van der Waals surface area contributed by atoms with Crippen molar-refractivity contribution in [3.8, 4) is 0 Å². The first-order chi connectivity index (χ1) is 11.2. The molecule has 1 N–H and O–H groups in total. The maximum Gasteiger partial charge on any atom is 0.230 e. The van der Waals surface area contributed by atoms with Crippen LogP contribution in [0.3, 0.4) is 0 Å². The number of hydrogen-bond donors (Lipinski definition) is 1. The molecular formula is C17H24N4O2. The van der Waals surface area contributed by atoms with E-state index in [4.69, 9.17) is 0 Å². The van der Waals surface area contributed by atoms with Crippen molar-refractivity contribution in [2.45, 2.75) is 69.9 Å². The summed E-state index contributed by atoms with van der Waals surface area (Å²) < 4.78 is 1.99. The second-order valence-corrected chi connectivity index (χ2v) is 7.03. The monoisotopic (exact) mass is 316 g/mol. The lowest BCUT2D eigenvalue weighted by molar-refractivity contribution is -0.122. The first-order valence-corrected chi connectivity index (χ1v) is 8.88. The molecule has 1 saturated carbocycles. The van der Waals surface area contributed by atoms with Crippen LogP contribution < -0.4 is 10.2 Å². The SMILES string of the molecule is O=C1CCCCC(CC(=O)N2CCCn3ncc(C4CC4)c32)N1. The zero-order valence-corrected chi connectivity index (χ0v) is 13.5. The van der Waals surface area contributed by atoms with Gasteiger partial charge in [-0.1, -0.05) is 6.42 Å². The minimum Gasteiger partial charge on any atom is -0.353 e. The van der Waals surface area contributed by atoms with E-state index in [2.05, 4.69) is 10.4 Å². The first kappa shape index (κ1) is 14.7. The van der Waals surface area contributed by atoms with Gasteiger partial charge in [0.05, 0.1) is 6.20 Å². The summed E-state index contributed by atoms with van der Waals surface area (Å²) >= 11 is 0. The van der Waals surface area contributed by atoms with Gasteiger partial charge in [0.15, 0.2) is 0 Å². The van der Waals surface area contributed by atoms with Gasteiger partial charge in [-0.25, -0.2) is 4.68 Å². The number of nitrogens with one attached hydrogen (secondary N) is 1. The van der Waals surface area contributed by atoms with Crippen LogP contribution in [-0.4, -0.2) is 34.2 Å². The van der Waals surface area contributed by atoms with Crippen molar-refractivity contribution in [3.63, 3.8) is 0 Å². The molecule has 1 atom stereocenters. The fourth-order valence-corrected chi connectivity index (χ4v) is 3.78. The number of nitrogens with zero attached hydrogens (tertiary/aromatic N) is 3. The average Bonchev–Trinajstić information content (AvgIpc) is 3.32. The van der Waals surface area contributed by atoms with Crippen LogP contribution in [0.1, 0.15) is 62.8 Å². The van der Waals surface area contributed by atoms with E-state index in [0.717, 1.165) is 44.6 Å². The third kappa shape index (κ3) is 2.99. The summed E-state index contributed by atoms with van der Waals surface area (Å²) in [5, 5.41) is 7.49. The van der Waals surface area contributed by atoms with E-state index in [9.17, 15) is 9.59 Å². The van der Waals surface area contributed by atoms with Gasteiger partial charge in [0, 0.05) is 37.5 Å². The minimum atomic E-state index is -0.0137. The molecule has 3 heterocycles. The number of carbonyl (C=O) groups excluding carboxylic acids is 2. The van der Waals surface area contributed by atoms with Gasteiger partial charge < -0.3 is 5.32 Å². The molecule has 0 radical (unpaired) electrons.